The smallest absolute Gasteiger partial charge is 0.474 e. The third-order valence-corrected chi connectivity index (χ3v) is 4.72. The van der Waals surface area contributed by atoms with E-state index in [-0.39, 0.29) is 13.2 Å². The monoisotopic (exact) mass is 368 g/mol. The van der Waals surface area contributed by atoms with E-state index in [4.69, 9.17) is 23.4 Å². The predicted molar refractivity (Wildman–Crippen MR) is 92.1 cm³/mol. The fourth-order valence-corrected chi connectivity index (χ4v) is 2.76. The molecule has 0 rings (SSSR count). The minimum absolute atomic E-state index is 0.111. The summed E-state index contributed by atoms with van der Waals surface area (Å²) >= 11 is 0. The third kappa shape index (κ3) is 11.2. The van der Waals surface area contributed by atoms with E-state index in [0.29, 0.717) is 26.2 Å². The lowest BCUT2D eigenvalue weighted by atomic mass is 9.95. The van der Waals surface area contributed by atoms with E-state index in [2.05, 4.69) is 0 Å². The number of hydrogen-bond acceptors (Lipinski definition) is 6. The van der Waals surface area contributed by atoms with Gasteiger partial charge in [-0.15, -0.1) is 0 Å². The van der Waals surface area contributed by atoms with Gasteiger partial charge in [0.25, 0.3) is 0 Å². The molecule has 0 radical (unpaired) electrons. The minimum atomic E-state index is -3.53. The molecule has 0 saturated heterocycles. The van der Waals surface area contributed by atoms with Crippen molar-refractivity contribution in [3.8, 4) is 0 Å². The maximum atomic E-state index is 12.5. The Hall–Kier alpha value is -0.460. The highest BCUT2D eigenvalue weighted by molar-refractivity contribution is 7.48. The van der Waals surface area contributed by atoms with Crippen LogP contribution in [-0.4, -0.2) is 44.1 Å². The fraction of sp³-hybridized carbons (Fsp3) is 0.938. The van der Waals surface area contributed by atoms with Crippen LogP contribution in [0.3, 0.4) is 0 Å². The number of carbonyl (C=O) groups is 1. The Labute approximate surface area is 145 Å². The minimum Gasteiger partial charge on any atom is -0.481 e. The Balaban J connectivity index is 4.08. The van der Waals surface area contributed by atoms with E-state index >= 15 is 0 Å². The molecule has 0 aliphatic heterocycles. The van der Waals surface area contributed by atoms with Crippen LogP contribution in [0.4, 0.5) is 0 Å². The molecule has 0 aromatic carbocycles. The molecule has 0 aromatic rings. The van der Waals surface area contributed by atoms with Crippen molar-refractivity contribution in [1.82, 2.24) is 0 Å². The molecule has 8 heteroatoms. The number of ether oxygens (including phenoxy) is 1. The summed E-state index contributed by atoms with van der Waals surface area (Å²) < 4.78 is 33.7. The van der Waals surface area contributed by atoms with Crippen LogP contribution in [0.15, 0.2) is 0 Å². The van der Waals surface area contributed by atoms with Gasteiger partial charge < -0.3 is 9.84 Å². The Morgan fingerprint density at radius 1 is 0.917 bits per heavy atom. The zero-order chi connectivity index (χ0) is 18.5. The first-order valence-corrected chi connectivity index (χ1v) is 10.1. The molecule has 0 amide bonds. The fourth-order valence-electron chi connectivity index (χ4n) is 1.48. The maximum absolute atomic E-state index is 12.5. The summed E-state index contributed by atoms with van der Waals surface area (Å²) in [4.78, 5) is 10.9. The van der Waals surface area contributed by atoms with Crippen LogP contribution < -0.4 is 0 Å². The Bertz CT molecular complexity index is 371. The molecule has 0 aromatic heterocycles. The van der Waals surface area contributed by atoms with Crippen LogP contribution in [0.5, 0.6) is 0 Å². The number of phosphoric ester groups is 1. The van der Waals surface area contributed by atoms with Gasteiger partial charge in [-0.3, -0.25) is 18.4 Å². The molecule has 0 atom stereocenters. The van der Waals surface area contributed by atoms with Gasteiger partial charge in [0, 0.05) is 6.61 Å². The molecular formula is C16H33O7P. The van der Waals surface area contributed by atoms with Crippen molar-refractivity contribution in [2.45, 2.75) is 59.8 Å². The van der Waals surface area contributed by atoms with Gasteiger partial charge in [0.1, 0.15) is 0 Å². The summed E-state index contributed by atoms with van der Waals surface area (Å²) in [6.45, 7) is 8.51. The van der Waals surface area contributed by atoms with E-state index in [9.17, 15) is 9.36 Å². The molecule has 0 aliphatic carbocycles. The predicted octanol–water partition coefficient (Wildman–Crippen LogP) is 4.26. The number of carboxylic acid groups (broad SMARTS) is 1. The number of aliphatic carboxylic acids is 1. The van der Waals surface area contributed by atoms with E-state index in [0.717, 1.165) is 25.7 Å². The van der Waals surface area contributed by atoms with Crippen molar-refractivity contribution in [2.75, 3.05) is 33.0 Å². The molecule has 1 N–H and O–H groups in total. The zero-order valence-corrected chi connectivity index (χ0v) is 16.3. The molecule has 0 fully saturated rings. The highest BCUT2D eigenvalue weighted by atomic mass is 31.2. The molecule has 144 valence electrons. The summed E-state index contributed by atoms with van der Waals surface area (Å²) in [5, 5.41) is 8.98. The van der Waals surface area contributed by atoms with Crippen LogP contribution in [-0.2, 0) is 27.7 Å². The van der Waals surface area contributed by atoms with Crippen molar-refractivity contribution in [3.05, 3.63) is 0 Å². The summed E-state index contributed by atoms with van der Waals surface area (Å²) in [6.07, 6.45) is 3.92. The van der Waals surface area contributed by atoms with E-state index in [1.54, 1.807) is 13.8 Å². The van der Waals surface area contributed by atoms with Crippen molar-refractivity contribution in [3.63, 3.8) is 0 Å². The standard InChI is InChI=1S/C16H33O7P/c1-5-7-11-21-24(19,22-12-8-6-2)23-13-9-10-20-14-16(3,4)15(17)18/h5-14H2,1-4H3,(H,17,18). The van der Waals surface area contributed by atoms with Gasteiger partial charge in [0.15, 0.2) is 0 Å². The topological polar surface area (TPSA) is 91.3 Å². The summed E-state index contributed by atoms with van der Waals surface area (Å²) in [6, 6.07) is 0. The van der Waals surface area contributed by atoms with Crippen LogP contribution in [0.2, 0.25) is 0 Å². The summed E-state index contributed by atoms with van der Waals surface area (Å²) in [5.74, 6) is -0.906. The van der Waals surface area contributed by atoms with Crippen molar-refractivity contribution >= 4 is 13.8 Å². The van der Waals surface area contributed by atoms with Crippen LogP contribution in [0.1, 0.15) is 59.8 Å². The first kappa shape index (κ1) is 23.5. The second-order valence-corrected chi connectivity index (χ2v) is 7.92. The van der Waals surface area contributed by atoms with Gasteiger partial charge in [0.2, 0.25) is 0 Å². The molecule has 24 heavy (non-hydrogen) atoms. The number of hydrogen-bond donors (Lipinski definition) is 1. The van der Waals surface area contributed by atoms with Gasteiger partial charge in [-0.1, -0.05) is 26.7 Å². The third-order valence-electron chi connectivity index (χ3n) is 3.22. The molecule has 0 spiro atoms. The summed E-state index contributed by atoms with van der Waals surface area (Å²) in [5.41, 5.74) is -0.928. The van der Waals surface area contributed by atoms with Gasteiger partial charge in [-0.2, -0.15) is 0 Å². The highest BCUT2D eigenvalue weighted by Gasteiger charge is 2.28. The maximum Gasteiger partial charge on any atom is 0.474 e. The first-order valence-electron chi connectivity index (χ1n) is 8.62. The average molecular weight is 368 g/mol. The van der Waals surface area contributed by atoms with Gasteiger partial charge in [-0.25, -0.2) is 4.57 Å². The lowest BCUT2D eigenvalue weighted by Gasteiger charge is -2.20. The van der Waals surface area contributed by atoms with Crippen molar-refractivity contribution in [2.24, 2.45) is 5.41 Å². The number of rotatable bonds is 16. The lowest BCUT2D eigenvalue weighted by Crippen LogP contribution is -2.29. The highest BCUT2D eigenvalue weighted by Crippen LogP contribution is 2.49. The van der Waals surface area contributed by atoms with Crippen molar-refractivity contribution < 1.29 is 32.8 Å². The summed E-state index contributed by atoms with van der Waals surface area (Å²) in [7, 11) is -3.53. The average Bonchev–Trinajstić information content (AvgIpc) is 2.51. The number of carboxylic acids is 1. The Morgan fingerprint density at radius 2 is 1.38 bits per heavy atom. The number of phosphoric acid groups is 1. The normalized spacial score (nSPS) is 12.5. The Morgan fingerprint density at radius 3 is 1.79 bits per heavy atom. The molecule has 0 unspecified atom stereocenters. The van der Waals surface area contributed by atoms with E-state index in [1.807, 2.05) is 13.8 Å². The largest absolute Gasteiger partial charge is 0.481 e. The lowest BCUT2D eigenvalue weighted by molar-refractivity contribution is -0.150. The molecule has 0 heterocycles. The van der Waals surface area contributed by atoms with Crippen LogP contribution >= 0.6 is 7.82 Å². The zero-order valence-electron chi connectivity index (χ0n) is 15.4. The second kappa shape index (κ2) is 12.8. The molecule has 0 bridgehead atoms. The van der Waals surface area contributed by atoms with Gasteiger partial charge >= 0.3 is 13.8 Å². The van der Waals surface area contributed by atoms with Crippen LogP contribution in [0, 0.1) is 5.41 Å². The van der Waals surface area contributed by atoms with E-state index in [1.165, 1.54) is 0 Å². The quantitative estimate of drug-likeness (QED) is 0.321. The SMILES string of the molecule is CCCCOP(=O)(OCCCC)OCCCOCC(C)(C)C(=O)O. The van der Waals surface area contributed by atoms with Gasteiger partial charge in [0.05, 0.1) is 31.8 Å². The Kier molecular flexibility index (Phi) is 12.6. The first-order chi connectivity index (χ1) is 11.3. The number of unbranched alkanes of at least 4 members (excludes halogenated alkanes) is 2. The molecular weight excluding hydrogens is 335 g/mol. The molecule has 0 aliphatic rings. The second-order valence-electron chi connectivity index (χ2n) is 6.25. The van der Waals surface area contributed by atoms with E-state index < -0.39 is 19.2 Å². The molecule has 0 saturated carbocycles. The van der Waals surface area contributed by atoms with Gasteiger partial charge in [-0.05, 0) is 33.1 Å². The van der Waals surface area contributed by atoms with Crippen LogP contribution in [0.25, 0.3) is 0 Å². The van der Waals surface area contributed by atoms with Crippen molar-refractivity contribution in [1.29, 1.82) is 0 Å². The molecule has 7 nitrogen and oxygen atoms in total.